The lowest BCUT2D eigenvalue weighted by molar-refractivity contribution is -0.117. The van der Waals surface area contributed by atoms with Crippen molar-refractivity contribution in [3.63, 3.8) is 0 Å². The zero-order valence-electron chi connectivity index (χ0n) is 17.0. The molecule has 0 bridgehead atoms. The van der Waals surface area contributed by atoms with Gasteiger partial charge in [-0.2, -0.15) is 0 Å². The molecule has 0 radical (unpaired) electrons. The summed E-state index contributed by atoms with van der Waals surface area (Å²) in [5.41, 5.74) is 2.90. The van der Waals surface area contributed by atoms with Crippen LogP contribution in [0.3, 0.4) is 0 Å². The number of rotatable bonds is 8. The van der Waals surface area contributed by atoms with Crippen LogP contribution in [0.25, 0.3) is 0 Å². The van der Waals surface area contributed by atoms with Crippen molar-refractivity contribution >= 4 is 11.8 Å². The maximum Gasteiger partial charge on any atom is 0.285 e. The van der Waals surface area contributed by atoms with Crippen molar-refractivity contribution in [3.05, 3.63) is 64.7 Å². The normalized spacial score (nSPS) is 13.8. The lowest BCUT2D eigenvalue weighted by atomic mass is 9.89. The summed E-state index contributed by atoms with van der Waals surface area (Å²) >= 11 is 0. The second kappa shape index (κ2) is 8.15. The van der Waals surface area contributed by atoms with Crippen LogP contribution in [0.15, 0.2) is 42.5 Å². The van der Waals surface area contributed by atoms with E-state index >= 15 is 0 Å². The van der Waals surface area contributed by atoms with Gasteiger partial charge in [-0.25, -0.2) is 0 Å². The fourth-order valence-corrected chi connectivity index (χ4v) is 3.19. The molecule has 5 nitrogen and oxygen atoms in total. The second-order valence-corrected chi connectivity index (χ2v) is 8.11. The number of hydroxylamine groups is 2. The first-order chi connectivity index (χ1) is 13.3. The Morgan fingerprint density at radius 3 is 2.25 bits per heavy atom. The van der Waals surface area contributed by atoms with Gasteiger partial charge in [-0.15, -0.1) is 5.06 Å². The number of hydrogen-bond donors (Lipinski definition) is 0. The molecule has 0 fully saturated rings. The van der Waals surface area contributed by atoms with Crippen molar-refractivity contribution in [2.24, 2.45) is 5.41 Å². The number of ether oxygens (including phenoxy) is 1. The smallest absolute Gasteiger partial charge is 0.285 e. The van der Waals surface area contributed by atoms with Crippen LogP contribution in [0.4, 0.5) is 0 Å². The predicted octanol–water partition coefficient (Wildman–Crippen LogP) is 4.72. The maximum absolute atomic E-state index is 12.4. The molecular weight excluding hydrogens is 354 g/mol. The van der Waals surface area contributed by atoms with E-state index in [0.717, 1.165) is 29.2 Å². The summed E-state index contributed by atoms with van der Waals surface area (Å²) in [5.74, 6) is 0.129. The number of carbonyl (C=O) groups is 2. The summed E-state index contributed by atoms with van der Waals surface area (Å²) in [7, 11) is 0. The molecule has 0 N–H and O–H groups in total. The minimum absolute atomic E-state index is 0.194. The Morgan fingerprint density at radius 2 is 1.61 bits per heavy atom. The zero-order chi connectivity index (χ0) is 20.3. The van der Waals surface area contributed by atoms with Crippen LogP contribution in [0.5, 0.6) is 5.75 Å². The van der Waals surface area contributed by atoms with Gasteiger partial charge in [0.25, 0.3) is 11.8 Å². The number of amides is 2. The van der Waals surface area contributed by atoms with Gasteiger partial charge in [0.2, 0.25) is 0 Å². The summed E-state index contributed by atoms with van der Waals surface area (Å²) in [5, 5.41) is 0.888. The molecule has 1 aliphatic rings. The fraction of sp³-hybridized carbons (Fsp3) is 0.391. The fourth-order valence-electron chi connectivity index (χ4n) is 3.19. The standard InChI is InChI=1S/C23H27NO4/c1-16-10-11-17(2)20(14-16)27-13-7-12-23(3,4)15-28-24-21(25)18-8-5-6-9-19(18)22(24)26/h5-6,8-11,14H,7,12-13,15H2,1-4H3. The van der Waals surface area contributed by atoms with Gasteiger partial charge in [-0.05, 0) is 61.4 Å². The SMILES string of the molecule is Cc1ccc(C)c(OCCCC(C)(C)CON2C(=O)c3ccccc3C2=O)c1. The van der Waals surface area contributed by atoms with Gasteiger partial charge >= 0.3 is 0 Å². The molecule has 1 heterocycles. The third kappa shape index (κ3) is 4.42. The topological polar surface area (TPSA) is 55.8 Å². The van der Waals surface area contributed by atoms with Crippen molar-refractivity contribution < 1.29 is 19.2 Å². The van der Waals surface area contributed by atoms with Crippen LogP contribution in [0.1, 0.15) is 58.5 Å². The first kappa shape index (κ1) is 20.1. The summed E-state index contributed by atoms with van der Waals surface area (Å²) in [6.07, 6.45) is 1.70. The van der Waals surface area contributed by atoms with Crippen molar-refractivity contribution in [2.45, 2.75) is 40.5 Å². The Bertz CT molecular complexity index is 853. The molecule has 1 aliphatic heterocycles. The molecule has 2 aromatic carbocycles. The quantitative estimate of drug-likeness (QED) is 0.491. The molecule has 28 heavy (non-hydrogen) atoms. The highest BCUT2D eigenvalue weighted by molar-refractivity contribution is 6.20. The first-order valence-corrected chi connectivity index (χ1v) is 9.59. The lowest BCUT2D eigenvalue weighted by Crippen LogP contribution is -2.34. The molecule has 2 aromatic rings. The molecular formula is C23H27NO4. The van der Waals surface area contributed by atoms with E-state index in [4.69, 9.17) is 9.57 Å². The van der Waals surface area contributed by atoms with E-state index in [9.17, 15) is 9.59 Å². The van der Waals surface area contributed by atoms with E-state index in [2.05, 4.69) is 26.0 Å². The Hall–Kier alpha value is -2.66. The van der Waals surface area contributed by atoms with Crippen LogP contribution in [0.2, 0.25) is 0 Å². The van der Waals surface area contributed by atoms with Crippen LogP contribution in [0, 0.1) is 19.3 Å². The van der Waals surface area contributed by atoms with Gasteiger partial charge in [0.1, 0.15) is 5.75 Å². The number of imide groups is 1. The Morgan fingerprint density at radius 1 is 0.964 bits per heavy atom. The maximum atomic E-state index is 12.4. The second-order valence-electron chi connectivity index (χ2n) is 8.11. The van der Waals surface area contributed by atoms with E-state index in [1.165, 1.54) is 5.56 Å². The van der Waals surface area contributed by atoms with E-state index in [-0.39, 0.29) is 12.0 Å². The number of aryl methyl sites for hydroxylation is 2. The monoisotopic (exact) mass is 381 g/mol. The van der Waals surface area contributed by atoms with Gasteiger partial charge in [-0.3, -0.25) is 14.4 Å². The van der Waals surface area contributed by atoms with Crippen LogP contribution >= 0.6 is 0 Å². The van der Waals surface area contributed by atoms with E-state index in [1.807, 2.05) is 19.9 Å². The minimum atomic E-state index is -0.394. The minimum Gasteiger partial charge on any atom is -0.493 e. The van der Waals surface area contributed by atoms with Crippen molar-refractivity contribution in [1.29, 1.82) is 0 Å². The predicted molar refractivity (Wildman–Crippen MR) is 107 cm³/mol. The Kier molecular flexibility index (Phi) is 5.84. The first-order valence-electron chi connectivity index (χ1n) is 9.59. The van der Waals surface area contributed by atoms with Gasteiger partial charge in [0.05, 0.1) is 24.3 Å². The average Bonchev–Trinajstić information content (AvgIpc) is 2.91. The highest BCUT2D eigenvalue weighted by Crippen LogP contribution is 2.27. The van der Waals surface area contributed by atoms with E-state index in [1.54, 1.807) is 24.3 Å². The zero-order valence-corrected chi connectivity index (χ0v) is 17.0. The molecule has 0 aromatic heterocycles. The lowest BCUT2D eigenvalue weighted by Gasteiger charge is -2.26. The molecule has 0 spiro atoms. The van der Waals surface area contributed by atoms with Gasteiger partial charge < -0.3 is 4.74 Å². The van der Waals surface area contributed by atoms with Crippen LogP contribution < -0.4 is 4.74 Å². The molecule has 0 saturated carbocycles. The summed E-state index contributed by atoms with van der Waals surface area (Å²) < 4.78 is 5.91. The van der Waals surface area contributed by atoms with E-state index < -0.39 is 11.8 Å². The highest BCUT2D eigenvalue weighted by atomic mass is 16.7. The van der Waals surface area contributed by atoms with Gasteiger partial charge in [0, 0.05) is 0 Å². The Balaban J connectivity index is 1.48. The third-order valence-corrected chi connectivity index (χ3v) is 4.94. The number of carbonyl (C=O) groups excluding carboxylic acids is 2. The molecule has 3 rings (SSSR count). The summed E-state index contributed by atoms with van der Waals surface area (Å²) in [6.45, 7) is 9.09. The van der Waals surface area contributed by atoms with Crippen molar-refractivity contribution in [1.82, 2.24) is 5.06 Å². The Labute approximate surface area is 166 Å². The van der Waals surface area contributed by atoms with Crippen molar-refractivity contribution in [3.8, 4) is 5.75 Å². The van der Waals surface area contributed by atoms with Gasteiger partial charge in [-0.1, -0.05) is 38.1 Å². The number of fused-ring (bicyclic) bond motifs is 1. The van der Waals surface area contributed by atoms with Crippen LogP contribution in [-0.4, -0.2) is 30.1 Å². The van der Waals surface area contributed by atoms with Gasteiger partial charge in [0.15, 0.2) is 0 Å². The average molecular weight is 381 g/mol. The molecule has 0 unspecified atom stereocenters. The molecule has 2 amide bonds. The largest absolute Gasteiger partial charge is 0.493 e. The van der Waals surface area contributed by atoms with Crippen LogP contribution in [-0.2, 0) is 4.84 Å². The molecule has 0 atom stereocenters. The van der Waals surface area contributed by atoms with Crippen molar-refractivity contribution in [2.75, 3.05) is 13.2 Å². The number of benzene rings is 2. The number of nitrogens with zero attached hydrogens (tertiary/aromatic N) is 1. The molecule has 148 valence electrons. The summed E-state index contributed by atoms with van der Waals surface area (Å²) in [6, 6.07) is 13.0. The van der Waals surface area contributed by atoms with E-state index in [0.29, 0.717) is 17.7 Å². The summed E-state index contributed by atoms with van der Waals surface area (Å²) in [4.78, 5) is 30.3. The number of hydrogen-bond acceptors (Lipinski definition) is 4. The highest BCUT2D eigenvalue weighted by Gasteiger charge is 2.37. The molecule has 0 aliphatic carbocycles. The molecule has 5 heteroatoms. The molecule has 0 saturated heterocycles. The third-order valence-electron chi connectivity index (χ3n) is 4.94.